The van der Waals surface area contributed by atoms with Crippen molar-refractivity contribution in [3.63, 3.8) is 0 Å². The summed E-state index contributed by atoms with van der Waals surface area (Å²) in [6, 6.07) is 6.66. The Morgan fingerprint density at radius 2 is 1.86 bits per heavy atom. The molecule has 28 heavy (non-hydrogen) atoms. The Kier molecular flexibility index (Phi) is 4.69. The zero-order valence-electron chi connectivity index (χ0n) is 15.8. The second-order valence-electron chi connectivity index (χ2n) is 7.78. The van der Waals surface area contributed by atoms with E-state index in [1.165, 1.54) is 19.8 Å². The third kappa shape index (κ3) is 3.41. The minimum absolute atomic E-state index is 0.267. The first-order valence-corrected chi connectivity index (χ1v) is 9.47. The number of phenolic OH excluding ortho intramolecular Hbond substituents is 1. The lowest BCUT2D eigenvalue weighted by Gasteiger charge is -2.38. The van der Waals surface area contributed by atoms with E-state index < -0.39 is 17.5 Å². The molecule has 1 aromatic heterocycles. The van der Waals surface area contributed by atoms with Gasteiger partial charge in [-0.15, -0.1) is 10.2 Å². The number of benzene rings is 1. The van der Waals surface area contributed by atoms with E-state index in [4.69, 9.17) is 0 Å². The van der Waals surface area contributed by atoms with Crippen molar-refractivity contribution in [1.29, 1.82) is 0 Å². The monoisotopic (exact) mass is 392 g/mol. The van der Waals surface area contributed by atoms with Crippen LogP contribution in [0.15, 0.2) is 24.3 Å². The molecule has 0 saturated carbocycles. The van der Waals surface area contributed by atoms with Gasteiger partial charge in [0.25, 0.3) is 0 Å². The Balaban J connectivity index is 1.54. The second-order valence-corrected chi connectivity index (χ2v) is 7.78. The number of hydrogen-bond donors (Lipinski definition) is 2. The van der Waals surface area contributed by atoms with Crippen LogP contribution in [0.3, 0.4) is 0 Å². The number of phenols is 1. The van der Waals surface area contributed by atoms with Crippen molar-refractivity contribution in [2.75, 3.05) is 12.4 Å². The highest BCUT2D eigenvalue weighted by molar-refractivity contribution is 5.71. The van der Waals surface area contributed by atoms with E-state index in [2.05, 4.69) is 27.5 Å². The summed E-state index contributed by atoms with van der Waals surface area (Å²) in [7, 11) is 2.17. The number of hydrogen-bond acceptors (Lipinski definition) is 5. The van der Waals surface area contributed by atoms with Crippen LogP contribution in [-0.4, -0.2) is 45.4 Å². The molecule has 2 aromatic rings. The van der Waals surface area contributed by atoms with E-state index >= 15 is 0 Å². The summed E-state index contributed by atoms with van der Waals surface area (Å²) in [5.41, 5.74) is 0.0288. The fraction of sp³-hybridized carbons (Fsp3) is 0.500. The fourth-order valence-electron chi connectivity index (χ4n) is 4.60. The normalized spacial score (nSPS) is 25.1. The Morgan fingerprint density at radius 1 is 1.11 bits per heavy atom. The van der Waals surface area contributed by atoms with E-state index in [1.54, 1.807) is 12.1 Å². The number of aryl methyl sites for hydroxylation is 1. The molecule has 2 aliphatic heterocycles. The maximum Gasteiger partial charge on any atom is 0.416 e. The van der Waals surface area contributed by atoms with Crippen molar-refractivity contribution in [1.82, 2.24) is 15.1 Å². The van der Waals surface area contributed by atoms with Crippen molar-refractivity contribution >= 4 is 5.82 Å². The van der Waals surface area contributed by atoms with Gasteiger partial charge in [-0.2, -0.15) is 13.2 Å². The first kappa shape index (κ1) is 19.0. The number of rotatable bonds is 3. The minimum Gasteiger partial charge on any atom is -0.507 e. The summed E-state index contributed by atoms with van der Waals surface area (Å²) in [6.07, 6.45) is 0.142. The predicted octanol–water partition coefficient (Wildman–Crippen LogP) is 4.21. The molecular formula is C20H23F3N4O. The SMILES string of the molecule is Cc1cc(C(F)(F)F)cc(O)c1-c1ccc(N[C@H]2CC[C@@H]3CC[C@@H]2N3C)nn1. The van der Waals surface area contributed by atoms with Gasteiger partial charge in [0.2, 0.25) is 0 Å². The van der Waals surface area contributed by atoms with Crippen molar-refractivity contribution in [2.45, 2.75) is 56.9 Å². The number of anilines is 1. The number of aromatic nitrogens is 2. The molecule has 0 aliphatic carbocycles. The van der Waals surface area contributed by atoms with Crippen molar-refractivity contribution < 1.29 is 18.3 Å². The van der Waals surface area contributed by atoms with Crippen molar-refractivity contribution in [3.05, 3.63) is 35.4 Å². The number of halogens is 3. The lowest BCUT2D eigenvalue weighted by atomic mass is 9.98. The van der Waals surface area contributed by atoms with Gasteiger partial charge in [0.05, 0.1) is 11.3 Å². The number of fused-ring (bicyclic) bond motifs is 2. The molecule has 150 valence electrons. The van der Waals surface area contributed by atoms with Gasteiger partial charge in [-0.05, 0) is 69.5 Å². The minimum atomic E-state index is -4.51. The topological polar surface area (TPSA) is 61.3 Å². The molecule has 2 saturated heterocycles. The van der Waals surface area contributed by atoms with E-state index in [0.29, 0.717) is 35.2 Å². The van der Waals surface area contributed by atoms with Gasteiger partial charge in [-0.3, -0.25) is 4.90 Å². The smallest absolute Gasteiger partial charge is 0.416 e. The van der Waals surface area contributed by atoms with Gasteiger partial charge in [-0.1, -0.05) is 0 Å². The Bertz CT molecular complexity index is 846. The Hall–Kier alpha value is -2.35. The second kappa shape index (κ2) is 6.92. The van der Waals surface area contributed by atoms with Gasteiger partial charge in [0, 0.05) is 23.7 Å². The maximum atomic E-state index is 12.9. The molecule has 2 bridgehead atoms. The van der Waals surface area contributed by atoms with Crippen LogP contribution in [-0.2, 0) is 6.18 Å². The first-order valence-electron chi connectivity index (χ1n) is 9.47. The summed E-state index contributed by atoms with van der Waals surface area (Å²) in [6.45, 7) is 1.52. The third-order valence-electron chi connectivity index (χ3n) is 6.07. The standard InChI is InChI=1S/C20H23F3N4O/c1-11-9-12(20(21,22)23)10-17(28)19(11)15-6-8-18(26-25-15)24-14-5-3-13-4-7-16(14)27(13)2/h6,8-10,13-14,16,28H,3-5,7H2,1-2H3,(H,24,26)/t13-,14+,16+/m1/s1. The highest BCUT2D eigenvalue weighted by atomic mass is 19.4. The molecule has 5 nitrogen and oxygen atoms in total. The summed E-state index contributed by atoms with van der Waals surface area (Å²) in [5, 5.41) is 21.9. The van der Waals surface area contributed by atoms with E-state index in [1.807, 2.05) is 0 Å². The van der Waals surface area contributed by atoms with Gasteiger partial charge in [0.15, 0.2) is 0 Å². The predicted molar refractivity (Wildman–Crippen MR) is 100 cm³/mol. The van der Waals surface area contributed by atoms with E-state index in [0.717, 1.165) is 25.0 Å². The van der Waals surface area contributed by atoms with Crippen molar-refractivity contribution in [2.24, 2.45) is 0 Å². The summed E-state index contributed by atoms with van der Waals surface area (Å²) >= 11 is 0. The molecule has 2 fully saturated rings. The molecule has 0 spiro atoms. The van der Waals surface area contributed by atoms with Crippen molar-refractivity contribution in [3.8, 4) is 17.0 Å². The lowest BCUT2D eigenvalue weighted by Crippen LogP contribution is -2.48. The quantitative estimate of drug-likeness (QED) is 0.819. The van der Waals surface area contributed by atoms with Gasteiger partial charge in [-0.25, -0.2) is 0 Å². The number of nitrogens with one attached hydrogen (secondary N) is 1. The van der Waals surface area contributed by atoms with Gasteiger partial charge in [0.1, 0.15) is 11.6 Å². The lowest BCUT2D eigenvalue weighted by molar-refractivity contribution is -0.137. The summed E-state index contributed by atoms with van der Waals surface area (Å²) in [4.78, 5) is 2.44. The number of nitrogens with zero attached hydrogens (tertiary/aromatic N) is 3. The Labute approximate surface area is 161 Å². The molecular weight excluding hydrogens is 369 g/mol. The zero-order chi connectivity index (χ0) is 20.1. The van der Waals surface area contributed by atoms with E-state index in [9.17, 15) is 18.3 Å². The molecule has 2 N–H and O–H groups in total. The van der Waals surface area contributed by atoms with Crippen LogP contribution in [0.1, 0.15) is 36.8 Å². The maximum absolute atomic E-state index is 12.9. The highest BCUT2D eigenvalue weighted by Crippen LogP contribution is 2.39. The molecule has 2 aliphatic rings. The molecule has 1 aromatic carbocycles. The molecule has 3 heterocycles. The van der Waals surface area contributed by atoms with Crippen LogP contribution in [0.25, 0.3) is 11.3 Å². The number of piperidine rings is 1. The molecule has 0 radical (unpaired) electrons. The number of aromatic hydroxyl groups is 1. The summed E-state index contributed by atoms with van der Waals surface area (Å²) in [5.74, 6) is 0.185. The van der Waals surface area contributed by atoms with Crippen LogP contribution < -0.4 is 5.32 Å². The largest absolute Gasteiger partial charge is 0.507 e. The Morgan fingerprint density at radius 3 is 2.50 bits per heavy atom. The highest BCUT2D eigenvalue weighted by Gasteiger charge is 2.40. The van der Waals surface area contributed by atoms with Crippen LogP contribution >= 0.6 is 0 Å². The third-order valence-corrected chi connectivity index (χ3v) is 6.07. The van der Waals surface area contributed by atoms with E-state index in [-0.39, 0.29) is 5.56 Å². The number of likely N-dealkylation sites (N-methyl/N-ethyl adjacent to an activating group) is 1. The van der Waals surface area contributed by atoms with Crippen LogP contribution in [0.2, 0.25) is 0 Å². The average Bonchev–Trinajstić information content (AvgIpc) is 2.85. The van der Waals surface area contributed by atoms with Gasteiger partial charge < -0.3 is 10.4 Å². The average molecular weight is 392 g/mol. The van der Waals surface area contributed by atoms with Crippen LogP contribution in [0, 0.1) is 6.92 Å². The molecule has 8 heteroatoms. The first-order chi connectivity index (χ1) is 13.2. The molecule has 4 rings (SSSR count). The molecule has 3 atom stereocenters. The molecule has 0 amide bonds. The summed E-state index contributed by atoms with van der Waals surface area (Å²) < 4.78 is 38.7. The fourth-order valence-corrected chi connectivity index (χ4v) is 4.60. The van der Waals surface area contributed by atoms with Crippen LogP contribution in [0.5, 0.6) is 5.75 Å². The zero-order valence-corrected chi connectivity index (χ0v) is 15.8. The van der Waals surface area contributed by atoms with Crippen LogP contribution in [0.4, 0.5) is 19.0 Å². The van der Waals surface area contributed by atoms with Gasteiger partial charge >= 0.3 is 6.18 Å². The number of alkyl halides is 3. The molecule has 0 unspecified atom stereocenters.